The molecule has 0 aliphatic carbocycles. The smallest absolute Gasteiger partial charge is 0.370 e. The molecule has 0 unspecified atom stereocenters. The third-order valence-electron chi connectivity index (χ3n) is 5.87. The summed E-state index contributed by atoms with van der Waals surface area (Å²) in [5, 5.41) is 0.119. The average molecular weight is 492 g/mol. The highest BCUT2D eigenvalue weighted by Gasteiger charge is 2.36. The van der Waals surface area contributed by atoms with Gasteiger partial charge in [-0.1, -0.05) is 36.4 Å². The third-order valence-corrected chi connectivity index (χ3v) is 6.62. The molecule has 4 rings (SSSR count). The monoisotopic (exact) mass is 491 g/mol. The molecule has 5 nitrogen and oxygen atoms in total. The zero-order valence-corrected chi connectivity index (χ0v) is 19.4. The van der Waals surface area contributed by atoms with E-state index < -0.39 is 17.7 Å². The van der Waals surface area contributed by atoms with Crippen LogP contribution >= 0.6 is 11.9 Å². The first-order valence-electron chi connectivity index (χ1n) is 10.9. The summed E-state index contributed by atoms with van der Waals surface area (Å²) in [5.41, 5.74) is 0.545. The van der Waals surface area contributed by atoms with E-state index in [9.17, 15) is 17.6 Å². The van der Waals surface area contributed by atoms with Crippen molar-refractivity contribution in [2.24, 2.45) is 0 Å². The van der Waals surface area contributed by atoms with E-state index in [2.05, 4.69) is 31.7 Å². The Morgan fingerprint density at radius 3 is 2.50 bits per heavy atom. The molecule has 2 aromatic heterocycles. The third kappa shape index (κ3) is 6.18. The van der Waals surface area contributed by atoms with Crippen molar-refractivity contribution in [2.75, 3.05) is 29.8 Å². The van der Waals surface area contributed by atoms with Crippen LogP contribution in [0.5, 0.6) is 0 Å². The summed E-state index contributed by atoms with van der Waals surface area (Å²) < 4.78 is 57.7. The van der Waals surface area contributed by atoms with Crippen LogP contribution in [-0.2, 0) is 12.7 Å². The topological polar surface area (TPSA) is 44.3 Å². The second-order valence-electron chi connectivity index (χ2n) is 8.19. The van der Waals surface area contributed by atoms with Gasteiger partial charge in [-0.05, 0) is 36.6 Å². The number of alkyl halides is 3. The predicted molar refractivity (Wildman–Crippen MR) is 126 cm³/mol. The molecule has 10 heteroatoms. The molecule has 1 aromatic carbocycles. The molecule has 1 fully saturated rings. The Balaban J connectivity index is 1.43. The van der Waals surface area contributed by atoms with Crippen LogP contribution in [0.4, 0.5) is 29.1 Å². The van der Waals surface area contributed by atoms with Gasteiger partial charge >= 0.3 is 6.18 Å². The molecule has 0 radical (unpaired) electrons. The molecule has 0 spiro atoms. The Hall–Kier alpha value is -2.85. The van der Waals surface area contributed by atoms with E-state index in [0.29, 0.717) is 0 Å². The minimum atomic E-state index is -4.53. The molecule has 1 aliphatic heterocycles. The summed E-state index contributed by atoms with van der Waals surface area (Å²) in [4.78, 5) is 11.9. The summed E-state index contributed by atoms with van der Waals surface area (Å²) in [7, 11) is 1.70. The van der Waals surface area contributed by atoms with Crippen LogP contribution in [0.2, 0.25) is 0 Å². The SMILES string of the molecule is CN(c1cnc(SNc2cccc(F)n2)cc1C(F)(F)F)C1CCN(Cc2ccccc2)CC1. The summed E-state index contributed by atoms with van der Waals surface area (Å²) in [6, 6.07) is 15.3. The maximum atomic E-state index is 13.9. The van der Waals surface area contributed by atoms with Gasteiger partial charge in [0.1, 0.15) is 10.8 Å². The van der Waals surface area contributed by atoms with E-state index in [0.717, 1.165) is 50.5 Å². The van der Waals surface area contributed by atoms with Crippen LogP contribution in [0.25, 0.3) is 0 Å². The molecule has 3 aromatic rings. The van der Waals surface area contributed by atoms with E-state index in [1.54, 1.807) is 11.9 Å². The van der Waals surface area contributed by atoms with Gasteiger partial charge in [0.25, 0.3) is 0 Å². The molecule has 3 heterocycles. The minimum absolute atomic E-state index is 0.0111. The van der Waals surface area contributed by atoms with Gasteiger partial charge in [-0.2, -0.15) is 17.6 Å². The molecule has 0 atom stereocenters. The number of rotatable bonds is 7. The van der Waals surface area contributed by atoms with E-state index in [4.69, 9.17) is 0 Å². The number of piperidine rings is 1. The second kappa shape index (κ2) is 10.6. The predicted octanol–water partition coefficient (Wildman–Crippen LogP) is 5.85. The van der Waals surface area contributed by atoms with E-state index in [-0.39, 0.29) is 22.6 Å². The van der Waals surface area contributed by atoms with Gasteiger partial charge in [0.2, 0.25) is 5.95 Å². The lowest BCUT2D eigenvalue weighted by Gasteiger charge is -2.38. The van der Waals surface area contributed by atoms with Crippen molar-refractivity contribution >= 4 is 23.5 Å². The molecule has 1 saturated heterocycles. The maximum Gasteiger partial charge on any atom is 0.418 e. The molecule has 0 bridgehead atoms. The number of aromatic nitrogens is 2. The second-order valence-corrected chi connectivity index (χ2v) is 9.02. The number of likely N-dealkylation sites (tertiary alicyclic amines) is 1. The van der Waals surface area contributed by atoms with Crippen molar-refractivity contribution in [3.63, 3.8) is 0 Å². The maximum absolute atomic E-state index is 13.9. The lowest BCUT2D eigenvalue weighted by atomic mass is 10.0. The van der Waals surface area contributed by atoms with Gasteiger partial charge in [-0.15, -0.1) is 0 Å². The lowest BCUT2D eigenvalue weighted by Crippen LogP contribution is -2.43. The summed E-state index contributed by atoms with van der Waals surface area (Å²) in [6.07, 6.45) is -1.73. The molecule has 0 amide bonds. The Kier molecular flexibility index (Phi) is 7.57. The number of hydrogen-bond acceptors (Lipinski definition) is 6. The molecule has 180 valence electrons. The largest absolute Gasteiger partial charge is 0.418 e. The molecule has 0 saturated carbocycles. The molecular formula is C24H25F4N5S. The van der Waals surface area contributed by atoms with Gasteiger partial charge in [0.15, 0.2) is 0 Å². The Morgan fingerprint density at radius 2 is 1.82 bits per heavy atom. The quantitative estimate of drug-likeness (QED) is 0.254. The average Bonchev–Trinajstić information content (AvgIpc) is 2.83. The Labute approximate surface area is 200 Å². The number of nitrogens with one attached hydrogen (secondary N) is 1. The van der Waals surface area contributed by atoms with Crippen molar-refractivity contribution in [2.45, 2.75) is 36.6 Å². The van der Waals surface area contributed by atoms with Crippen LogP contribution in [-0.4, -0.2) is 41.0 Å². The number of benzene rings is 1. The van der Waals surface area contributed by atoms with Crippen LogP contribution in [0.1, 0.15) is 24.0 Å². The van der Waals surface area contributed by atoms with Gasteiger partial charge in [-0.25, -0.2) is 9.97 Å². The summed E-state index contributed by atoms with van der Waals surface area (Å²) in [5.74, 6) is -0.481. The number of hydrogen-bond donors (Lipinski definition) is 1. The van der Waals surface area contributed by atoms with Crippen molar-refractivity contribution in [1.82, 2.24) is 14.9 Å². The van der Waals surface area contributed by atoms with E-state index in [1.165, 1.54) is 30.0 Å². The normalized spacial score (nSPS) is 15.3. The number of anilines is 2. The molecular weight excluding hydrogens is 466 g/mol. The van der Waals surface area contributed by atoms with Crippen LogP contribution in [0.15, 0.2) is 65.8 Å². The zero-order chi connectivity index (χ0) is 24.1. The number of nitrogens with zero attached hydrogens (tertiary/aromatic N) is 4. The number of halogens is 4. The summed E-state index contributed by atoms with van der Waals surface area (Å²) in [6.45, 7) is 2.47. The highest BCUT2D eigenvalue weighted by Crippen LogP contribution is 2.39. The number of pyridine rings is 2. The van der Waals surface area contributed by atoms with Crippen molar-refractivity contribution in [3.8, 4) is 0 Å². The highest BCUT2D eigenvalue weighted by atomic mass is 32.2. The fourth-order valence-electron chi connectivity index (χ4n) is 4.07. The van der Waals surface area contributed by atoms with Crippen LogP contribution < -0.4 is 9.62 Å². The van der Waals surface area contributed by atoms with Crippen LogP contribution in [0, 0.1) is 5.95 Å². The molecule has 1 N–H and O–H groups in total. The lowest BCUT2D eigenvalue weighted by molar-refractivity contribution is -0.137. The Morgan fingerprint density at radius 1 is 1.09 bits per heavy atom. The first kappa shape index (κ1) is 24.3. The first-order chi connectivity index (χ1) is 16.3. The fourth-order valence-corrected chi connectivity index (χ4v) is 4.67. The Bertz CT molecular complexity index is 1090. The highest BCUT2D eigenvalue weighted by molar-refractivity contribution is 8.00. The molecule has 34 heavy (non-hydrogen) atoms. The first-order valence-corrected chi connectivity index (χ1v) is 11.7. The fraction of sp³-hybridized carbons (Fsp3) is 0.333. The van der Waals surface area contributed by atoms with Gasteiger partial charge in [0.05, 0.1) is 17.4 Å². The van der Waals surface area contributed by atoms with E-state index in [1.807, 2.05) is 18.2 Å². The van der Waals surface area contributed by atoms with Crippen molar-refractivity contribution in [3.05, 3.63) is 77.9 Å². The summed E-state index contributed by atoms with van der Waals surface area (Å²) >= 11 is 0.854. The van der Waals surface area contributed by atoms with E-state index >= 15 is 0 Å². The van der Waals surface area contributed by atoms with Crippen LogP contribution in [0.3, 0.4) is 0 Å². The van der Waals surface area contributed by atoms with Crippen molar-refractivity contribution < 1.29 is 17.6 Å². The standard InChI is InChI=1S/C24H25F4N5S/c1-32(18-10-12-33(13-11-18)16-17-6-3-2-4-7-17)20-15-29-23(14-19(20)24(26,27)28)34-31-22-9-5-8-21(25)30-22/h2-9,14-15,18H,10-13,16H2,1H3,(H,30,31). The zero-order valence-electron chi connectivity index (χ0n) is 18.6. The van der Waals surface area contributed by atoms with Gasteiger partial charge < -0.3 is 9.62 Å². The van der Waals surface area contributed by atoms with Gasteiger partial charge in [0, 0.05) is 44.7 Å². The van der Waals surface area contributed by atoms with Gasteiger partial charge in [-0.3, -0.25) is 4.90 Å². The molecule has 1 aliphatic rings. The van der Waals surface area contributed by atoms with Crippen molar-refractivity contribution in [1.29, 1.82) is 0 Å². The minimum Gasteiger partial charge on any atom is -0.370 e.